The molecule has 4 bridgehead atoms. The highest BCUT2D eigenvalue weighted by molar-refractivity contribution is 5.78. The van der Waals surface area contributed by atoms with Gasteiger partial charge in [0.05, 0.1) is 5.60 Å². The smallest absolute Gasteiger partial charge is 0.327 e. The summed E-state index contributed by atoms with van der Waals surface area (Å²) in [6.45, 7) is 7.56. The fourth-order valence-corrected chi connectivity index (χ4v) is 5.02. The standard InChI is InChI=1S/C14H24O.C3H4O2/c1-9(2)3-13-12-5-10-4-11(6-12)8-14(13,15)7-10;1-2-3(4)5/h9-13,15H,3-8H2,1-2H3;2H,1H2,(H,4,5). The second-order valence-electron chi connectivity index (χ2n) is 7.49. The van der Waals surface area contributed by atoms with Crippen LogP contribution in [0, 0.1) is 29.6 Å². The molecule has 4 aliphatic rings. The summed E-state index contributed by atoms with van der Waals surface area (Å²) in [7, 11) is 0. The van der Waals surface area contributed by atoms with Gasteiger partial charge < -0.3 is 10.2 Å². The first-order valence-electron chi connectivity index (χ1n) is 7.91. The molecule has 0 radical (unpaired) electrons. The van der Waals surface area contributed by atoms with Gasteiger partial charge in [-0.05, 0) is 68.1 Å². The van der Waals surface area contributed by atoms with Crippen LogP contribution in [-0.2, 0) is 4.79 Å². The van der Waals surface area contributed by atoms with Gasteiger partial charge in [-0.15, -0.1) is 0 Å². The van der Waals surface area contributed by atoms with Gasteiger partial charge in [0.2, 0.25) is 0 Å². The number of carboxylic acids is 1. The minimum Gasteiger partial charge on any atom is -0.478 e. The first kappa shape index (κ1) is 15.6. The van der Waals surface area contributed by atoms with E-state index in [-0.39, 0.29) is 5.60 Å². The third-order valence-electron chi connectivity index (χ3n) is 5.38. The Labute approximate surface area is 122 Å². The molecule has 4 rings (SSSR count). The van der Waals surface area contributed by atoms with Crippen LogP contribution in [0.5, 0.6) is 0 Å². The van der Waals surface area contributed by atoms with E-state index in [4.69, 9.17) is 5.11 Å². The molecule has 0 aromatic rings. The summed E-state index contributed by atoms with van der Waals surface area (Å²) in [4.78, 5) is 9.25. The minimum atomic E-state index is -0.981. The van der Waals surface area contributed by atoms with Crippen LogP contribution in [0.1, 0.15) is 52.4 Å². The Hall–Kier alpha value is -0.830. The van der Waals surface area contributed by atoms with Crippen molar-refractivity contribution in [1.29, 1.82) is 0 Å². The Balaban J connectivity index is 0.000000257. The summed E-state index contributed by atoms with van der Waals surface area (Å²) in [5.74, 6) is 3.00. The van der Waals surface area contributed by atoms with E-state index < -0.39 is 5.97 Å². The number of rotatable bonds is 3. The molecule has 114 valence electrons. The molecular formula is C17H28O3. The van der Waals surface area contributed by atoms with Gasteiger partial charge in [-0.25, -0.2) is 4.79 Å². The second-order valence-corrected chi connectivity index (χ2v) is 7.49. The quantitative estimate of drug-likeness (QED) is 0.778. The highest BCUT2D eigenvalue weighted by Gasteiger charge is 2.55. The lowest BCUT2D eigenvalue weighted by Crippen LogP contribution is -2.57. The summed E-state index contributed by atoms with van der Waals surface area (Å²) in [5, 5.41) is 18.4. The number of carbonyl (C=O) groups is 1. The molecule has 0 heterocycles. The predicted molar refractivity (Wildman–Crippen MR) is 79.3 cm³/mol. The molecule has 4 saturated carbocycles. The molecular weight excluding hydrogens is 252 g/mol. The van der Waals surface area contributed by atoms with Crippen molar-refractivity contribution < 1.29 is 15.0 Å². The molecule has 0 saturated heterocycles. The number of hydrogen-bond acceptors (Lipinski definition) is 2. The van der Waals surface area contributed by atoms with Crippen molar-refractivity contribution >= 4 is 5.97 Å². The SMILES string of the molecule is C=CC(=O)O.CC(C)CC1C2CC3CC(C2)CC1(O)C3. The van der Waals surface area contributed by atoms with Crippen molar-refractivity contribution in [2.75, 3.05) is 0 Å². The first-order chi connectivity index (χ1) is 9.34. The molecule has 4 aliphatic carbocycles. The van der Waals surface area contributed by atoms with Crippen molar-refractivity contribution in [1.82, 2.24) is 0 Å². The number of aliphatic carboxylic acids is 1. The van der Waals surface area contributed by atoms with Gasteiger partial charge in [0.1, 0.15) is 0 Å². The van der Waals surface area contributed by atoms with Crippen LogP contribution in [0.15, 0.2) is 12.7 Å². The summed E-state index contributed by atoms with van der Waals surface area (Å²) in [6.07, 6.45) is 8.61. The Morgan fingerprint density at radius 3 is 2.15 bits per heavy atom. The van der Waals surface area contributed by atoms with E-state index in [0.29, 0.717) is 5.92 Å². The van der Waals surface area contributed by atoms with Crippen LogP contribution in [-0.4, -0.2) is 21.8 Å². The summed E-state index contributed by atoms with van der Waals surface area (Å²) < 4.78 is 0. The predicted octanol–water partition coefficient (Wildman–Crippen LogP) is 3.48. The molecule has 0 spiro atoms. The Morgan fingerprint density at radius 2 is 1.80 bits per heavy atom. The van der Waals surface area contributed by atoms with Crippen LogP contribution < -0.4 is 0 Å². The van der Waals surface area contributed by atoms with Gasteiger partial charge in [-0.1, -0.05) is 20.4 Å². The maximum absolute atomic E-state index is 10.8. The van der Waals surface area contributed by atoms with E-state index in [9.17, 15) is 9.90 Å². The van der Waals surface area contributed by atoms with Crippen molar-refractivity contribution in [3.8, 4) is 0 Å². The first-order valence-corrected chi connectivity index (χ1v) is 7.91. The van der Waals surface area contributed by atoms with Gasteiger partial charge in [0.25, 0.3) is 0 Å². The van der Waals surface area contributed by atoms with Gasteiger partial charge in [-0.2, -0.15) is 0 Å². The van der Waals surface area contributed by atoms with Crippen molar-refractivity contribution in [3.63, 3.8) is 0 Å². The van der Waals surface area contributed by atoms with E-state index >= 15 is 0 Å². The molecule has 3 nitrogen and oxygen atoms in total. The lowest BCUT2D eigenvalue weighted by molar-refractivity contribution is -0.175. The maximum Gasteiger partial charge on any atom is 0.327 e. The van der Waals surface area contributed by atoms with E-state index in [1.54, 1.807) is 0 Å². The van der Waals surface area contributed by atoms with E-state index in [0.717, 1.165) is 42.6 Å². The van der Waals surface area contributed by atoms with Gasteiger partial charge >= 0.3 is 5.97 Å². The highest BCUT2D eigenvalue weighted by Crippen LogP contribution is 2.59. The molecule has 0 amide bonds. The van der Waals surface area contributed by atoms with Crippen LogP contribution in [0.4, 0.5) is 0 Å². The Morgan fingerprint density at radius 1 is 1.30 bits per heavy atom. The molecule has 0 aromatic heterocycles. The van der Waals surface area contributed by atoms with Crippen LogP contribution >= 0.6 is 0 Å². The minimum absolute atomic E-state index is 0.251. The molecule has 2 N–H and O–H groups in total. The molecule has 3 heteroatoms. The Kier molecular flexibility index (Phi) is 4.58. The molecule has 0 aliphatic heterocycles. The Bertz CT molecular complexity index is 360. The number of hydrogen-bond donors (Lipinski definition) is 2. The number of aliphatic hydroxyl groups is 1. The van der Waals surface area contributed by atoms with Crippen molar-refractivity contribution in [2.45, 2.75) is 58.0 Å². The average molecular weight is 280 g/mol. The summed E-state index contributed by atoms with van der Waals surface area (Å²) in [6, 6.07) is 0. The topological polar surface area (TPSA) is 57.5 Å². The largest absolute Gasteiger partial charge is 0.478 e. The third kappa shape index (κ3) is 3.25. The maximum atomic E-state index is 10.8. The highest BCUT2D eigenvalue weighted by atomic mass is 16.4. The fourth-order valence-electron chi connectivity index (χ4n) is 5.02. The summed E-state index contributed by atoms with van der Waals surface area (Å²) in [5.41, 5.74) is -0.251. The second kappa shape index (κ2) is 5.88. The summed E-state index contributed by atoms with van der Waals surface area (Å²) >= 11 is 0. The average Bonchev–Trinajstić information content (AvgIpc) is 2.33. The van der Waals surface area contributed by atoms with E-state index in [1.807, 2.05) is 0 Å². The van der Waals surface area contributed by atoms with Gasteiger partial charge in [0, 0.05) is 6.08 Å². The monoisotopic (exact) mass is 280 g/mol. The fraction of sp³-hybridized carbons (Fsp3) is 0.824. The van der Waals surface area contributed by atoms with Crippen molar-refractivity contribution in [2.24, 2.45) is 29.6 Å². The van der Waals surface area contributed by atoms with Crippen LogP contribution in [0.3, 0.4) is 0 Å². The van der Waals surface area contributed by atoms with Crippen molar-refractivity contribution in [3.05, 3.63) is 12.7 Å². The molecule has 3 unspecified atom stereocenters. The zero-order valence-corrected chi connectivity index (χ0v) is 12.7. The van der Waals surface area contributed by atoms with Crippen LogP contribution in [0.25, 0.3) is 0 Å². The lowest BCUT2D eigenvalue weighted by atomic mass is 9.49. The van der Waals surface area contributed by atoms with E-state index in [1.165, 1.54) is 25.7 Å². The molecule has 0 aromatic carbocycles. The normalized spacial score (nSPS) is 41.2. The van der Waals surface area contributed by atoms with E-state index in [2.05, 4.69) is 20.4 Å². The third-order valence-corrected chi connectivity index (χ3v) is 5.38. The number of carboxylic acid groups (broad SMARTS) is 1. The molecule has 20 heavy (non-hydrogen) atoms. The zero-order valence-electron chi connectivity index (χ0n) is 12.7. The van der Waals surface area contributed by atoms with Crippen LogP contribution in [0.2, 0.25) is 0 Å². The zero-order chi connectivity index (χ0) is 14.9. The molecule has 3 atom stereocenters. The van der Waals surface area contributed by atoms with Gasteiger partial charge in [0.15, 0.2) is 0 Å². The van der Waals surface area contributed by atoms with Gasteiger partial charge in [-0.3, -0.25) is 0 Å². The molecule has 4 fully saturated rings. The lowest BCUT2D eigenvalue weighted by Gasteiger charge is -2.59.